The number of benzene rings is 2. The standard InChI is InChI=1S/C19H12ClNO/c20-17-8-6-15(7-9-17)19-11-10-18(22-19)12-16(13-21)14-4-2-1-3-5-14/h1-12H/b16-12+. The van der Waals surface area contributed by atoms with Gasteiger partial charge in [0.2, 0.25) is 0 Å². The first-order valence-electron chi connectivity index (χ1n) is 6.79. The molecule has 0 fully saturated rings. The van der Waals surface area contributed by atoms with Gasteiger partial charge in [-0.2, -0.15) is 5.26 Å². The summed E-state index contributed by atoms with van der Waals surface area (Å²) in [5.74, 6) is 1.39. The molecule has 1 aromatic heterocycles. The van der Waals surface area contributed by atoms with Crippen molar-refractivity contribution in [3.8, 4) is 17.4 Å². The lowest BCUT2D eigenvalue weighted by Crippen LogP contribution is -1.79. The lowest BCUT2D eigenvalue weighted by Gasteiger charge is -1.98. The van der Waals surface area contributed by atoms with Crippen LogP contribution in [-0.4, -0.2) is 0 Å². The molecule has 0 unspecified atom stereocenters. The van der Waals surface area contributed by atoms with Crippen molar-refractivity contribution in [3.63, 3.8) is 0 Å². The van der Waals surface area contributed by atoms with Gasteiger partial charge in [0, 0.05) is 10.6 Å². The average molecular weight is 306 g/mol. The van der Waals surface area contributed by atoms with Gasteiger partial charge in [-0.15, -0.1) is 0 Å². The van der Waals surface area contributed by atoms with Crippen LogP contribution in [0.15, 0.2) is 71.1 Å². The molecule has 2 nitrogen and oxygen atoms in total. The number of furan rings is 1. The average Bonchev–Trinajstić information content (AvgIpc) is 3.03. The summed E-state index contributed by atoms with van der Waals surface area (Å²) in [6, 6.07) is 22.9. The third kappa shape index (κ3) is 3.11. The van der Waals surface area contributed by atoms with Crippen LogP contribution in [0.1, 0.15) is 11.3 Å². The van der Waals surface area contributed by atoms with E-state index in [-0.39, 0.29) is 0 Å². The molecule has 0 saturated carbocycles. The second kappa shape index (κ2) is 6.34. The molecule has 0 spiro atoms. The lowest BCUT2D eigenvalue weighted by molar-refractivity contribution is 0.572. The summed E-state index contributed by atoms with van der Waals surface area (Å²) in [6.07, 6.45) is 1.74. The Hall–Kier alpha value is -2.76. The molecule has 0 atom stereocenters. The maximum atomic E-state index is 9.32. The van der Waals surface area contributed by atoms with Crippen molar-refractivity contribution in [1.29, 1.82) is 5.26 Å². The van der Waals surface area contributed by atoms with Crippen molar-refractivity contribution >= 4 is 23.3 Å². The first kappa shape index (κ1) is 14.2. The number of halogens is 1. The minimum Gasteiger partial charge on any atom is -0.457 e. The van der Waals surface area contributed by atoms with E-state index in [2.05, 4.69) is 6.07 Å². The molecule has 0 aliphatic carbocycles. The molecule has 3 rings (SSSR count). The molecule has 0 saturated heterocycles. The maximum Gasteiger partial charge on any atom is 0.134 e. The molecule has 3 heteroatoms. The van der Waals surface area contributed by atoms with E-state index in [9.17, 15) is 5.26 Å². The quantitative estimate of drug-likeness (QED) is 0.585. The second-order valence-corrected chi connectivity index (χ2v) is 5.18. The van der Waals surface area contributed by atoms with Gasteiger partial charge in [0.1, 0.15) is 11.5 Å². The molecule has 22 heavy (non-hydrogen) atoms. The Morgan fingerprint density at radius 3 is 2.36 bits per heavy atom. The minimum atomic E-state index is 0.567. The van der Waals surface area contributed by atoms with Crippen LogP contribution in [0.2, 0.25) is 5.02 Å². The summed E-state index contributed by atoms with van der Waals surface area (Å²) in [7, 11) is 0. The van der Waals surface area contributed by atoms with E-state index >= 15 is 0 Å². The largest absolute Gasteiger partial charge is 0.457 e. The summed E-state index contributed by atoms with van der Waals surface area (Å²) in [6.45, 7) is 0. The van der Waals surface area contributed by atoms with E-state index in [1.165, 1.54) is 0 Å². The second-order valence-electron chi connectivity index (χ2n) is 4.74. The zero-order chi connectivity index (χ0) is 15.4. The van der Waals surface area contributed by atoms with Gasteiger partial charge in [-0.1, -0.05) is 41.9 Å². The van der Waals surface area contributed by atoms with Crippen LogP contribution in [0, 0.1) is 11.3 Å². The Labute approximate surface area is 133 Å². The van der Waals surface area contributed by atoms with E-state index in [0.717, 1.165) is 16.9 Å². The third-order valence-corrected chi connectivity index (χ3v) is 3.50. The summed E-state index contributed by atoms with van der Waals surface area (Å²) >= 11 is 5.88. The summed E-state index contributed by atoms with van der Waals surface area (Å²) < 4.78 is 5.79. The molecule has 0 radical (unpaired) electrons. The van der Waals surface area contributed by atoms with Crippen molar-refractivity contribution in [1.82, 2.24) is 0 Å². The SMILES string of the molecule is N#C/C(=C\c1ccc(-c2ccc(Cl)cc2)o1)c1ccccc1. The maximum absolute atomic E-state index is 9.32. The number of hydrogen-bond acceptors (Lipinski definition) is 2. The Kier molecular flexibility index (Phi) is 4.09. The molecule has 0 aliphatic heterocycles. The molecule has 0 N–H and O–H groups in total. The number of nitriles is 1. The Bertz CT molecular complexity index is 839. The Morgan fingerprint density at radius 2 is 1.68 bits per heavy atom. The Morgan fingerprint density at radius 1 is 0.955 bits per heavy atom. The number of nitrogens with zero attached hydrogens (tertiary/aromatic N) is 1. The molecule has 0 amide bonds. The van der Waals surface area contributed by atoms with Crippen molar-refractivity contribution < 1.29 is 4.42 Å². The van der Waals surface area contributed by atoms with Gasteiger partial charge in [0.05, 0.1) is 11.6 Å². The summed E-state index contributed by atoms with van der Waals surface area (Å²) in [5, 5.41) is 10.0. The van der Waals surface area contributed by atoms with Crippen LogP contribution in [0.3, 0.4) is 0 Å². The fraction of sp³-hybridized carbons (Fsp3) is 0. The van der Waals surface area contributed by atoms with Gasteiger partial charge in [0.25, 0.3) is 0 Å². The smallest absolute Gasteiger partial charge is 0.134 e. The first-order chi connectivity index (χ1) is 10.8. The van der Waals surface area contributed by atoms with Crippen LogP contribution < -0.4 is 0 Å². The minimum absolute atomic E-state index is 0.567. The molecule has 0 bridgehead atoms. The van der Waals surface area contributed by atoms with Gasteiger partial charge in [0.15, 0.2) is 0 Å². The topological polar surface area (TPSA) is 36.9 Å². The highest BCUT2D eigenvalue weighted by Gasteiger charge is 2.06. The van der Waals surface area contributed by atoms with Crippen molar-refractivity contribution in [2.45, 2.75) is 0 Å². The fourth-order valence-corrected chi connectivity index (χ4v) is 2.27. The predicted molar refractivity (Wildman–Crippen MR) is 89.1 cm³/mol. The van der Waals surface area contributed by atoms with Crippen LogP contribution in [0.25, 0.3) is 23.0 Å². The number of allylic oxidation sites excluding steroid dienone is 1. The summed E-state index contributed by atoms with van der Waals surface area (Å²) in [5.41, 5.74) is 2.38. The Balaban J connectivity index is 1.92. The fourth-order valence-electron chi connectivity index (χ4n) is 2.14. The lowest BCUT2D eigenvalue weighted by atomic mass is 10.1. The van der Waals surface area contributed by atoms with Gasteiger partial charge in [-0.05, 0) is 48.0 Å². The summed E-state index contributed by atoms with van der Waals surface area (Å²) in [4.78, 5) is 0. The highest BCUT2D eigenvalue weighted by atomic mass is 35.5. The van der Waals surface area contributed by atoms with Crippen molar-refractivity contribution in [3.05, 3.63) is 83.1 Å². The molecule has 1 heterocycles. The normalized spacial score (nSPS) is 11.2. The van der Waals surface area contributed by atoms with E-state index in [1.54, 1.807) is 6.08 Å². The van der Waals surface area contributed by atoms with Gasteiger partial charge >= 0.3 is 0 Å². The third-order valence-electron chi connectivity index (χ3n) is 3.25. The van der Waals surface area contributed by atoms with Crippen molar-refractivity contribution in [2.24, 2.45) is 0 Å². The number of hydrogen-bond donors (Lipinski definition) is 0. The highest BCUT2D eigenvalue weighted by molar-refractivity contribution is 6.30. The molecular formula is C19H12ClNO. The van der Waals surface area contributed by atoms with Crippen LogP contribution in [0.5, 0.6) is 0 Å². The number of rotatable bonds is 3. The molecule has 0 aliphatic rings. The van der Waals surface area contributed by atoms with Crippen LogP contribution in [0.4, 0.5) is 0 Å². The zero-order valence-electron chi connectivity index (χ0n) is 11.7. The van der Waals surface area contributed by atoms with Crippen molar-refractivity contribution in [2.75, 3.05) is 0 Å². The highest BCUT2D eigenvalue weighted by Crippen LogP contribution is 2.26. The first-order valence-corrected chi connectivity index (χ1v) is 7.17. The predicted octanol–water partition coefficient (Wildman–Crippen LogP) is 5.66. The molecule has 3 aromatic rings. The van der Waals surface area contributed by atoms with Crippen LogP contribution in [-0.2, 0) is 0 Å². The van der Waals surface area contributed by atoms with Gasteiger partial charge in [-0.25, -0.2) is 0 Å². The zero-order valence-corrected chi connectivity index (χ0v) is 12.4. The van der Waals surface area contributed by atoms with Gasteiger partial charge < -0.3 is 4.42 Å². The van der Waals surface area contributed by atoms with E-state index in [0.29, 0.717) is 16.4 Å². The monoisotopic (exact) mass is 305 g/mol. The van der Waals surface area contributed by atoms with Crippen LogP contribution >= 0.6 is 11.6 Å². The molecule has 2 aromatic carbocycles. The molecular weight excluding hydrogens is 294 g/mol. The van der Waals surface area contributed by atoms with E-state index in [1.807, 2.05) is 66.7 Å². The van der Waals surface area contributed by atoms with E-state index < -0.39 is 0 Å². The molecule has 106 valence electrons. The van der Waals surface area contributed by atoms with E-state index in [4.69, 9.17) is 16.0 Å². The van der Waals surface area contributed by atoms with Gasteiger partial charge in [-0.3, -0.25) is 0 Å².